The van der Waals surface area contributed by atoms with Crippen LogP contribution in [0.4, 0.5) is 11.4 Å². The average molecular weight is 276 g/mol. The van der Waals surface area contributed by atoms with E-state index in [-0.39, 0.29) is 0 Å². The zero-order valence-electron chi connectivity index (χ0n) is 10.2. The second-order valence-electron chi connectivity index (χ2n) is 4.00. The fourth-order valence-corrected chi connectivity index (χ4v) is 2.01. The SMILES string of the molecule is NN(Cc1ccc(NS(=O)[O-])cc1)c1ccccc1. The fourth-order valence-electron chi connectivity index (χ4n) is 1.68. The molecular formula is C13H14N3O2S-. The number of rotatable bonds is 5. The van der Waals surface area contributed by atoms with Crippen LogP contribution in [0.15, 0.2) is 54.6 Å². The summed E-state index contributed by atoms with van der Waals surface area (Å²) in [6.07, 6.45) is 0. The third-order valence-electron chi connectivity index (χ3n) is 2.60. The molecule has 0 saturated carbocycles. The Labute approximate surface area is 114 Å². The van der Waals surface area contributed by atoms with Crippen molar-refractivity contribution in [2.24, 2.45) is 5.84 Å². The fraction of sp³-hybridized carbons (Fsp3) is 0.0769. The summed E-state index contributed by atoms with van der Waals surface area (Å²) in [4.78, 5) is 0. The highest BCUT2D eigenvalue weighted by Gasteiger charge is 2.02. The van der Waals surface area contributed by atoms with Crippen LogP contribution in [0, 0.1) is 0 Å². The summed E-state index contributed by atoms with van der Waals surface area (Å²) in [7, 11) is 0. The second-order valence-corrected chi connectivity index (χ2v) is 4.67. The number of nitrogens with zero attached hydrogens (tertiary/aromatic N) is 1. The molecule has 100 valence electrons. The van der Waals surface area contributed by atoms with Crippen LogP contribution in [0.3, 0.4) is 0 Å². The van der Waals surface area contributed by atoms with Crippen LogP contribution in [0.25, 0.3) is 0 Å². The number of hydrogen-bond acceptors (Lipinski definition) is 4. The van der Waals surface area contributed by atoms with Crippen LogP contribution >= 0.6 is 0 Å². The summed E-state index contributed by atoms with van der Waals surface area (Å²) in [5.74, 6) is 5.96. The van der Waals surface area contributed by atoms with Gasteiger partial charge in [0.25, 0.3) is 0 Å². The van der Waals surface area contributed by atoms with Crippen LogP contribution in [0.1, 0.15) is 5.56 Å². The molecule has 0 fully saturated rings. The van der Waals surface area contributed by atoms with E-state index in [0.717, 1.165) is 11.3 Å². The number of nitrogens with one attached hydrogen (secondary N) is 1. The van der Waals surface area contributed by atoms with Crippen LogP contribution in [-0.2, 0) is 17.8 Å². The zero-order chi connectivity index (χ0) is 13.7. The standard InChI is InChI=1S/C13H15N3O2S/c14-16(13-4-2-1-3-5-13)10-11-6-8-12(9-7-11)15-19(17)18/h1-9,15H,10,14H2,(H,17,18)/p-1. The molecule has 1 atom stereocenters. The van der Waals surface area contributed by atoms with Gasteiger partial charge in [-0.25, -0.2) is 5.84 Å². The number of nitrogens with two attached hydrogens (primary N) is 1. The summed E-state index contributed by atoms with van der Waals surface area (Å²) in [5, 5.41) is 1.63. The van der Waals surface area contributed by atoms with Gasteiger partial charge in [0, 0.05) is 17.0 Å². The van der Waals surface area contributed by atoms with E-state index >= 15 is 0 Å². The molecule has 0 aliphatic heterocycles. The van der Waals surface area contributed by atoms with Gasteiger partial charge in [0.1, 0.15) is 0 Å². The van der Waals surface area contributed by atoms with Gasteiger partial charge in [0.2, 0.25) is 0 Å². The summed E-state index contributed by atoms with van der Waals surface area (Å²) in [6, 6.07) is 16.7. The van der Waals surface area contributed by atoms with Crippen LogP contribution in [-0.4, -0.2) is 8.76 Å². The van der Waals surface area contributed by atoms with Crippen molar-refractivity contribution >= 4 is 22.6 Å². The summed E-state index contributed by atoms with van der Waals surface area (Å²) < 4.78 is 23.2. The molecule has 3 N–H and O–H groups in total. The van der Waals surface area contributed by atoms with Crippen LogP contribution < -0.4 is 15.6 Å². The van der Waals surface area contributed by atoms with E-state index < -0.39 is 11.3 Å². The van der Waals surface area contributed by atoms with Crippen LogP contribution in [0.2, 0.25) is 0 Å². The lowest BCUT2D eigenvalue weighted by molar-refractivity contribution is 0.542. The molecule has 0 aliphatic carbocycles. The van der Waals surface area contributed by atoms with Crippen molar-refractivity contribution in [1.82, 2.24) is 0 Å². The summed E-state index contributed by atoms with van der Waals surface area (Å²) in [5.41, 5.74) is 2.44. The maximum atomic E-state index is 10.5. The van der Waals surface area contributed by atoms with Crippen molar-refractivity contribution in [3.8, 4) is 0 Å². The van der Waals surface area contributed by atoms with Gasteiger partial charge in [0.05, 0.1) is 12.2 Å². The van der Waals surface area contributed by atoms with Gasteiger partial charge in [0.15, 0.2) is 0 Å². The molecule has 0 amide bonds. The molecule has 0 radical (unpaired) electrons. The second kappa shape index (κ2) is 6.33. The van der Waals surface area contributed by atoms with Gasteiger partial charge in [-0.15, -0.1) is 0 Å². The van der Waals surface area contributed by atoms with Crippen molar-refractivity contribution in [2.75, 3.05) is 9.73 Å². The Bertz CT molecular complexity index is 546. The Balaban J connectivity index is 2.01. The molecule has 19 heavy (non-hydrogen) atoms. The van der Waals surface area contributed by atoms with Crippen molar-refractivity contribution in [1.29, 1.82) is 0 Å². The highest BCUT2D eigenvalue weighted by molar-refractivity contribution is 7.80. The Kier molecular flexibility index (Phi) is 4.51. The van der Waals surface area contributed by atoms with Crippen molar-refractivity contribution in [3.05, 3.63) is 60.2 Å². The largest absolute Gasteiger partial charge is 0.755 e. The number of benzene rings is 2. The molecule has 0 heterocycles. The first kappa shape index (κ1) is 13.5. The van der Waals surface area contributed by atoms with E-state index in [4.69, 9.17) is 5.84 Å². The first-order chi connectivity index (χ1) is 9.15. The van der Waals surface area contributed by atoms with Gasteiger partial charge in [-0.2, -0.15) is 0 Å². The molecule has 2 aromatic carbocycles. The van der Waals surface area contributed by atoms with Gasteiger partial charge in [-0.05, 0) is 29.8 Å². The normalized spacial score (nSPS) is 11.9. The first-order valence-electron chi connectivity index (χ1n) is 5.67. The molecule has 0 spiro atoms. The van der Waals surface area contributed by atoms with Gasteiger partial charge in [-0.3, -0.25) is 4.21 Å². The first-order valence-corrected chi connectivity index (χ1v) is 6.75. The lowest BCUT2D eigenvalue weighted by Gasteiger charge is -2.19. The van der Waals surface area contributed by atoms with E-state index in [1.165, 1.54) is 0 Å². The summed E-state index contributed by atoms with van der Waals surface area (Å²) in [6.45, 7) is 0.546. The van der Waals surface area contributed by atoms with Gasteiger partial charge in [-0.1, -0.05) is 30.3 Å². The van der Waals surface area contributed by atoms with Gasteiger partial charge < -0.3 is 14.3 Å². The van der Waals surface area contributed by atoms with Crippen molar-refractivity contribution in [3.63, 3.8) is 0 Å². The molecule has 6 heteroatoms. The van der Waals surface area contributed by atoms with Gasteiger partial charge >= 0.3 is 0 Å². The van der Waals surface area contributed by atoms with E-state index in [1.54, 1.807) is 17.1 Å². The third-order valence-corrected chi connectivity index (χ3v) is 3.00. The smallest absolute Gasteiger partial charge is 0.0592 e. The Morgan fingerprint density at radius 3 is 2.32 bits per heavy atom. The van der Waals surface area contributed by atoms with E-state index in [0.29, 0.717) is 12.2 Å². The van der Waals surface area contributed by atoms with E-state index in [9.17, 15) is 8.76 Å². The molecule has 5 nitrogen and oxygen atoms in total. The topological polar surface area (TPSA) is 81.4 Å². The lowest BCUT2D eigenvalue weighted by Crippen LogP contribution is -2.29. The quantitative estimate of drug-likeness (QED) is 0.495. The Hall–Kier alpha value is -1.89. The lowest BCUT2D eigenvalue weighted by atomic mass is 10.2. The van der Waals surface area contributed by atoms with E-state index in [2.05, 4.69) is 4.72 Å². The molecule has 0 aliphatic rings. The highest BCUT2D eigenvalue weighted by atomic mass is 32.2. The third kappa shape index (κ3) is 4.06. The zero-order valence-corrected chi connectivity index (χ0v) is 11.0. The maximum Gasteiger partial charge on any atom is 0.0592 e. The minimum Gasteiger partial charge on any atom is -0.755 e. The Morgan fingerprint density at radius 1 is 1.11 bits per heavy atom. The maximum absolute atomic E-state index is 10.5. The molecule has 2 aromatic rings. The molecular weight excluding hydrogens is 262 g/mol. The minimum absolute atomic E-state index is 0.528. The van der Waals surface area contributed by atoms with Crippen molar-refractivity contribution < 1.29 is 8.76 Å². The number of hydrogen-bond donors (Lipinski definition) is 2. The Morgan fingerprint density at radius 2 is 1.74 bits per heavy atom. The number of anilines is 2. The minimum atomic E-state index is -2.30. The molecule has 1 unspecified atom stereocenters. The molecule has 0 aromatic heterocycles. The predicted molar refractivity (Wildman–Crippen MR) is 75.8 cm³/mol. The molecule has 0 bridgehead atoms. The highest BCUT2D eigenvalue weighted by Crippen LogP contribution is 2.15. The summed E-state index contributed by atoms with van der Waals surface area (Å²) >= 11 is -2.30. The monoisotopic (exact) mass is 276 g/mol. The molecule has 0 saturated heterocycles. The van der Waals surface area contributed by atoms with E-state index in [1.807, 2.05) is 42.5 Å². The van der Waals surface area contributed by atoms with Crippen molar-refractivity contribution in [2.45, 2.75) is 6.54 Å². The number of hydrazine groups is 1. The predicted octanol–water partition coefficient (Wildman–Crippen LogP) is 1.77. The average Bonchev–Trinajstić information content (AvgIpc) is 2.41. The molecule has 2 rings (SSSR count). The number of para-hydroxylation sites is 1. The van der Waals surface area contributed by atoms with Crippen LogP contribution in [0.5, 0.6) is 0 Å².